The van der Waals surface area contributed by atoms with E-state index < -0.39 is 60.1 Å². The number of hydrogen-bond donors (Lipinski definition) is 2. The Morgan fingerprint density at radius 1 is 0.920 bits per heavy atom. The molecular weight excluding hydrogens is 640 g/mol. The maximum atomic E-state index is 15.0. The molecule has 1 spiro atoms. The van der Waals surface area contributed by atoms with Crippen LogP contribution in [0.1, 0.15) is 36.1 Å². The van der Waals surface area contributed by atoms with Gasteiger partial charge in [0.2, 0.25) is 17.7 Å². The van der Waals surface area contributed by atoms with E-state index in [2.05, 4.69) is 10.2 Å². The molecule has 5 aliphatic rings. The van der Waals surface area contributed by atoms with E-state index in [4.69, 9.17) is 14.2 Å². The van der Waals surface area contributed by atoms with Crippen LogP contribution < -0.4 is 5.32 Å². The van der Waals surface area contributed by atoms with Gasteiger partial charge in [-0.2, -0.15) is 0 Å². The van der Waals surface area contributed by atoms with E-state index in [0.717, 1.165) is 18.7 Å². The molecule has 0 radical (unpaired) electrons. The first-order valence-electron chi connectivity index (χ1n) is 17.5. The number of allylic oxidation sites excluding steroid dienone is 1. The number of fused-ring (bicyclic) bond motifs is 2. The third-order valence-electron chi connectivity index (χ3n) is 10.6. The number of carbonyl (C=O) groups is 4. The summed E-state index contributed by atoms with van der Waals surface area (Å²) in [6.45, 7) is 3.68. The van der Waals surface area contributed by atoms with Crippen molar-refractivity contribution in [1.29, 1.82) is 0 Å². The predicted molar refractivity (Wildman–Crippen MR) is 181 cm³/mol. The summed E-state index contributed by atoms with van der Waals surface area (Å²) in [7, 11) is 0. The topological polar surface area (TPSA) is 138 Å². The van der Waals surface area contributed by atoms with Crippen molar-refractivity contribution in [2.75, 3.05) is 59.2 Å². The van der Waals surface area contributed by atoms with Gasteiger partial charge in [0.25, 0.3) is 0 Å². The summed E-state index contributed by atoms with van der Waals surface area (Å²) in [5.74, 6) is -3.65. The maximum Gasteiger partial charge on any atom is 0.306 e. The Kier molecular flexibility index (Phi) is 10.1. The van der Waals surface area contributed by atoms with Crippen molar-refractivity contribution in [3.8, 4) is 0 Å². The molecule has 50 heavy (non-hydrogen) atoms. The van der Waals surface area contributed by atoms with Crippen LogP contribution in [-0.2, 0) is 33.4 Å². The molecule has 0 saturated carbocycles. The molecule has 2 aromatic rings. The van der Waals surface area contributed by atoms with Gasteiger partial charge in [-0.25, -0.2) is 0 Å². The molecule has 2 aromatic carbocycles. The van der Waals surface area contributed by atoms with Crippen molar-refractivity contribution in [2.24, 2.45) is 11.8 Å². The van der Waals surface area contributed by atoms with Crippen LogP contribution in [0.4, 0.5) is 0 Å². The number of esters is 1. The predicted octanol–water partition coefficient (Wildman–Crippen LogP) is 1.78. The standard InChI is InChI=1S/C38H44N4O8/c43-24-29(27-12-5-2-6-13-27)42-34-37(47)41(19-18-40-20-22-48-23-21-40)17-9-16-38(34)33(36(42)46)32-30(50-38)14-7-8-15-31(44)49-25-28(39-35(32)45)26-10-3-1-4-11-26/h1-7,9-14,16,28-30,32-34,43H,8,15,17-25H2,(H,39,45)/b14-7-/t28-,29-,30+,32-,33-,34+,38-/m1/s1. The number of ether oxygens (including phenoxy) is 3. The number of rotatable bonds is 7. The highest BCUT2D eigenvalue weighted by Gasteiger charge is 2.72. The summed E-state index contributed by atoms with van der Waals surface area (Å²) >= 11 is 0. The second kappa shape index (κ2) is 14.9. The number of nitrogens with one attached hydrogen (secondary N) is 1. The van der Waals surface area contributed by atoms with Gasteiger partial charge < -0.3 is 34.4 Å². The van der Waals surface area contributed by atoms with Crippen molar-refractivity contribution >= 4 is 23.7 Å². The Bertz CT molecular complexity index is 1610. The van der Waals surface area contributed by atoms with Crippen LogP contribution in [0.5, 0.6) is 0 Å². The highest BCUT2D eigenvalue weighted by atomic mass is 16.5. The molecule has 264 valence electrons. The van der Waals surface area contributed by atoms with E-state index in [0.29, 0.717) is 44.8 Å². The minimum atomic E-state index is -1.49. The van der Waals surface area contributed by atoms with Crippen molar-refractivity contribution in [3.63, 3.8) is 0 Å². The van der Waals surface area contributed by atoms with Gasteiger partial charge in [-0.3, -0.25) is 24.1 Å². The lowest BCUT2D eigenvalue weighted by Crippen LogP contribution is -2.57. The van der Waals surface area contributed by atoms with Crippen LogP contribution in [0.25, 0.3) is 0 Å². The number of aliphatic hydroxyl groups is 1. The molecule has 12 heteroatoms. The van der Waals surface area contributed by atoms with Crippen LogP contribution in [0, 0.1) is 11.8 Å². The lowest BCUT2D eigenvalue weighted by Gasteiger charge is -2.39. The number of carbonyl (C=O) groups excluding carboxylic acids is 4. The van der Waals surface area contributed by atoms with E-state index >= 15 is 0 Å². The average Bonchev–Trinajstić information content (AvgIpc) is 3.53. The summed E-state index contributed by atoms with van der Waals surface area (Å²) in [6, 6.07) is 15.7. The second-order valence-corrected chi connectivity index (χ2v) is 13.5. The monoisotopic (exact) mass is 684 g/mol. The normalized spacial score (nSPS) is 31.7. The average molecular weight is 685 g/mol. The van der Waals surface area contributed by atoms with Crippen LogP contribution in [0.15, 0.2) is 85.0 Å². The van der Waals surface area contributed by atoms with Crippen LogP contribution in [0.2, 0.25) is 0 Å². The third-order valence-corrected chi connectivity index (χ3v) is 10.6. The third kappa shape index (κ3) is 6.48. The van der Waals surface area contributed by atoms with Gasteiger partial charge >= 0.3 is 5.97 Å². The Hall–Kier alpha value is -4.36. The smallest absolute Gasteiger partial charge is 0.306 e. The molecule has 12 nitrogen and oxygen atoms in total. The van der Waals surface area contributed by atoms with E-state index in [-0.39, 0.29) is 24.9 Å². The SMILES string of the molecule is O=C1CC/C=C\[C@@H]2O[C@@]34C=CCN(CCN5CCOCC5)C(=O)[C@@H]3N([C@H](CO)c3ccccc3)C(=O)[C@H]4[C@@H]2C(=O)N[C@@H](c2ccccc2)CO1. The fourth-order valence-corrected chi connectivity index (χ4v) is 8.08. The summed E-state index contributed by atoms with van der Waals surface area (Å²) in [6.07, 6.45) is 6.81. The number of likely N-dealkylation sites (tertiary alicyclic amines) is 1. The van der Waals surface area contributed by atoms with E-state index in [9.17, 15) is 24.3 Å². The number of benzene rings is 2. The zero-order valence-electron chi connectivity index (χ0n) is 28.0. The molecule has 2 N–H and O–H groups in total. The first-order valence-corrected chi connectivity index (χ1v) is 17.5. The van der Waals surface area contributed by atoms with Crippen LogP contribution >= 0.6 is 0 Å². The van der Waals surface area contributed by atoms with Gasteiger partial charge in [-0.15, -0.1) is 0 Å². The Balaban J connectivity index is 1.29. The lowest BCUT2D eigenvalue weighted by molar-refractivity contribution is -0.151. The summed E-state index contributed by atoms with van der Waals surface area (Å²) < 4.78 is 17.9. The van der Waals surface area contributed by atoms with E-state index in [1.165, 1.54) is 4.90 Å². The number of amides is 3. The molecule has 3 saturated heterocycles. The van der Waals surface area contributed by atoms with Crippen molar-refractivity contribution in [3.05, 3.63) is 96.1 Å². The highest BCUT2D eigenvalue weighted by Crippen LogP contribution is 2.54. The molecular formula is C38H44N4O8. The van der Waals surface area contributed by atoms with Gasteiger partial charge in [0.1, 0.15) is 18.2 Å². The van der Waals surface area contributed by atoms with Gasteiger partial charge in [0.15, 0.2) is 0 Å². The molecule has 0 aromatic heterocycles. The molecule has 3 amide bonds. The number of aliphatic hydroxyl groups excluding tert-OH is 1. The second-order valence-electron chi connectivity index (χ2n) is 13.5. The van der Waals surface area contributed by atoms with Crippen molar-refractivity contribution in [1.82, 2.24) is 20.0 Å². The molecule has 0 unspecified atom stereocenters. The zero-order chi connectivity index (χ0) is 34.7. The Morgan fingerprint density at radius 3 is 2.40 bits per heavy atom. The summed E-state index contributed by atoms with van der Waals surface area (Å²) in [4.78, 5) is 62.4. The molecule has 5 heterocycles. The fraction of sp³-hybridized carbons (Fsp3) is 0.474. The fourth-order valence-electron chi connectivity index (χ4n) is 8.08. The maximum absolute atomic E-state index is 15.0. The van der Waals surface area contributed by atoms with Crippen LogP contribution in [-0.4, -0.2) is 120 Å². The molecule has 0 bridgehead atoms. The zero-order valence-corrected chi connectivity index (χ0v) is 28.0. The van der Waals surface area contributed by atoms with Gasteiger partial charge in [0.05, 0.1) is 49.8 Å². The number of morpholine rings is 1. The largest absolute Gasteiger partial charge is 0.463 e. The highest BCUT2D eigenvalue weighted by molar-refractivity contribution is 6.00. The molecule has 3 fully saturated rings. The molecule has 0 aliphatic carbocycles. The van der Waals surface area contributed by atoms with Gasteiger partial charge in [-0.1, -0.05) is 85.0 Å². The summed E-state index contributed by atoms with van der Waals surface area (Å²) in [5, 5.41) is 13.9. The van der Waals surface area contributed by atoms with E-state index in [1.807, 2.05) is 66.7 Å². The summed E-state index contributed by atoms with van der Waals surface area (Å²) in [5.41, 5.74) is -0.0750. The van der Waals surface area contributed by atoms with Crippen molar-refractivity contribution in [2.45, 2.75) is 42.7 Å². The molecule has 7 rings (SSSR count). The number of cyclic esters (lactones) is 1. The lowest BCUT2D eigenvalue weighted by atomic mass is 9.77. The van der Waals surface area contributed by atoms with Crippen LogP contribution in [0.3, 0.4) is 0 Å². The van der Waals surface area contributed by atoms with E-state index in [1.54, 1.807) is 23.1 Å². The molecule has 7 atom stereocenters. The minimum absolute atomic E-state index is 0.0772. The number of nitrogens with zero attached hydrogens (tertiary/aromatic N) is 3. The quantitative estimate of drug-likeness (QED) is 0.330. The first-order chi connectivity index (χ1) is 24.4. The minimum Gasteiger partial charge on any atom is -0.463 e. The van der Waals surface area contributed by atoms with Crippen molar-refractivity contribution < 1.29 is 38.5 Å². The van der Waals surface area contributed by atoms with Gasteiger partial charge in [-0.05, 0) is 17.5 Å². The van der Waals surface area contributed by atoms with Gasteiger partial charge in [0, 0.05) is 39.1 Å². The Morgan fingerprint density at radius 2 is 1.66 bits per heavy atom. The first kappa shape index (κ1) is 34.1. The number of hydrogen-bond acceptors (Lipinski definition) is 9. The molecule has 5 aliphatic heterocycles. The Labute approximate surface area is 291 Å².